The lowest BCUT2D eigenvalue weighted by molar-refractivity contribution is 0.321. The van der Waals surface area contributed by atoms with Gasteiger partial charge >= 0.3 is 0 Å². The highest BCUT2D eigenvalue weighted by Gasteiger charge is 2.23. The van der Waals surface area contributed by atoms with Crippen LogP contribution in [0.2, 0.25) is 0 Å². The largest absolute Gasteiger partial charge is 0.411 e. The topological polar surface area (TPSA) is 87.6 Å². The van der Waals surface area contributed by atoms with Crippen LogP contribution in [0.15, 0.2) is 66.1 Å². The molecule has 0 radical (unpaired) electrons. The first-order chi connectivity index (χ1) is 16.5. The van der Waals surface area contributed by atoms with E-state index in [1.165, 1.54) is 18.3 Å². The molecular formula is C26H23F2N5O. The van der Waals surface area contributed by atoms with E-state index in [1.807, 2.05) is 30.3 Å². The number of nitrogens with two attached hydrogens (primary N) is 1. The molecule has 5 rings (SSSR count). The van der Waals surface area contributed by atoms with Gasteiger partial charge in [0.05, 0.1) is 23.1 Å². The number of nitrogens with zero attached hydrogens (tertiary/aromatic N) is 4. The van der Waals surface area contributed by atoms with Crippen LogP contribution in [0.5, 0.6) is 0 Å². The van der Waals surface area contributed by atoms with Crippen LogP contribution in [0, 0.1) is 11.6 Å². The van der Waals surface area contributed by atoms with Crippen molar-refractivity contribution in [3.63, 3.8) is 0 Å². The third kappa shape index (κ3) is 4.32. The Hall–Kier alpha value is -3.91. The maximum Gasteiger partial charge on any atom is 0.126 e. The summed E-state index contributed by atoms with van der Waals surface area (Å²) in [5, 5.41) is 12.8. The Morgan fingerprint density at radius 2 is 1.68 bits per heavy atom. The van der Waals surface area contributed by atoms with E-state index in [9.17, 15) is 8.78 Å². The molecule has 0 aliphatic carbocycles. The molecule has 1 aliphatic heterocycles. The number of benzene rings is 2. The van der Waals surface area contributed by atoms with Crippen molar-refractivity contribution >= 4 is 22.8 Å². The first-order valence-corrected chi connectivity index (χ1v) is 11.1. The molecule has 0 unspecified atom stereocenters. The molecule has 2 aromatic heterocycles. The lowest BCUT2D eigenvalue weighted by Crippen LogP contribution is -2.40. The SMILES string of the molecule is NC1CCN(c2c(-c3cc(F)cc(F)c3)cnc3ccc(-c4ccnc(/C=N/O)c4)cc23)CC1. The Labute approximate surface area is 195 Å². The van der Waals surface area contributed by atoms with E-state index in [0.717, 1.165) is 59.7 Å². The molecular weight excluding hydrogens is 436 g/mol. The van der Waals surface area contributed by atoms with E-state index in [4.69, 9.17) is 10.9 Å². The summed E-state index contributed by atoms with van der Waals surface area (Å²) < 4.78 is 28.2. The van der Waals surface area contributed by atoms with Crippen LogP contribution in [0.25, 0.3) is 33.2 Å². The maximum absolute atomic E-state index is 14.1. The molecule has 8 heteroatoms. The van der Waals surface area contributed by atoms with Crippen LogP contribution in [-0.4, -0.2) is 40.5 Å². The minimum absolute atomic E-state index is 0.137. The number of anilines is 1. The number of fused-ring (bicyclic) bond motifs is 1. The van der Waals surface area contributed by atoms with E-state index in [1.54, 1.807) is 12.4 Å². The van der Waals surface area contributed by atoms with Crippen LogP contribution < -0.4 is 10.6 Å². The minimum atomic E-state index is -0.634. The van der Waals surface area contributed by atoms with Crippen molar-refractivity contribution in [2.75, 3.05) is 18.0 Å². The predicted molar refractivity (Wildman–Crippen MR) is 129 cm³/mol. The van der Waals surface area contributed by atoms with Crippen LogP contribution in [0.1, 0.15) is 18.5 Å². The molecule has 1 aliphatic rings. The molecule has 34 heavy (non-hydrogen) atoms. The monoisotopic (exact) mass is 459 g/mol. The smallest absolute Gasteiger partial charge is 0.126 e. The predicted octanol–water partition coefficient (Wildman–Crippen LogP) is 4.98. The highest BCUT2D eigenvalue weighted by molar-refractivity contribution is 6.01. The van der Waals surface area contributed by atoms with Gasteiger partial charge in [0.15, 0.2) is 0 Å². The van der Waals surface area contributed by atoms with Gasteiger partial charge in [-0.2, -0.15) is 0 Å². The van der Waals surface area contributed by atoms with Crippen molar-refractivity contribution in [1.29, 1.82) is 0 Å². The van der Waals surface area contributed by atoms with E-state index in [-0.39, 0.29) is 6.04 Å². The second-order valence-electron chi connectivity index (χ2n) is 8.45. The summed E-state index contributed by atoms with van der Waals surface area (Å²) in [7, 11) is 0. The van der Waals surface area contributed by atoms with Crippen molar-refractivity contribution < 1.29 is 14.0 Å². The fraction of sp³-hybridized carbons (Fsp3) is 0.192. The van der Waals surface area contributed by atoms with Gasteiger partial charge in [-0.05, 0) is 65.9 Å². The normalized spacial score (nSPS) is 14.9. The van der Waals surface area contributed by atoms with E-state index >= 15 is 0 Å². The zero-order valence-electron chi connectivity index (χ0n) is 18.3. The Bertz CT molecular complexity index is 1360. The summed E-state index contributed by atoms with van der Waals surface area (Å²) in [6, 6.07) is 13.3. The maximum atomic E-state index is 14.1. The summed E-state index contributed by atoms with van der Waals surface area (Å²) >= 11 is 0. The lowest BCUT2D eigenvalue weighted by Gasteiger charge is -2.34. The third-order valence-electron chi connectivity index (χ3n) is 6.17. The molecule has 0 amide bonds. The second kappa shape index (κ2) is 9.15. The molecule has 1 fully saturated rings. The van der Waals surface area contributed by atoms with E-state index in [0.29, 0.717) is 16.8 Å². The van der Waals surface area contributed by atoms with Crippen molar-refractivity contribution in [3.8, 4) is 22.3 Å². The van der Waals surface area contributed by atoms with Gasteiger partial charge in [-0.25, -0.2) is 8.78 Å². The van der Waals surface area contributed by atoms with Gasteiger partial charge in [-0.15, -0.1) is 0 Å². The number of aromatic nitrogens is 2. The zero-order valence-corrected chi connectivity index (χ0v) is 18.3. The van der Waals surface area contributed by atoms with Crippen molar-refractivity contribution in [2.45, 2.75) is 18.9 Å². The number of hydrogen-bond acceptors (Lipinski definition) is 6. The number of hydrogen-bond donors (Lipinski definition) is 2. The fourth-order valence-electron chi connectivity index (χ4n) is 4.50. The quantitative estimate of drug-likeness (QED) is 0.255. The Morgan fingerprint density at radius 3 is 2.41 bits per heavy atom. The van der Waals surface area contributed by atoms with Gasteiger partial charge in [0.1, 0.15) is 11.6 Å². The fourth-order valence-corrected chi connectivity index (χ4v) is 4.50. The van der Waals surface area contributed by atoms with Crippen LogP contribution in [-0.2, 0) is 0 Å². The van der Waals surface area contributed by atoms with Gasteiger partial charge in [0.2, 0.25) is 0 Å². The third-order valence-corrected chi connectivity index (χ3v) is 6.17. The summed E-state index contributed by atoms with van der Waals surface area (Å²) in [4.78, 5) is 11.0. The van der Waals surface area contributed by atoms with Gasteiger partial charge in [-0.1, -0.05) is 11.2 Å². The molecule has 4 aromatic rings. The van der Waals surface area contributed by atoms with Crippen molar-refractivity contribution in [2.24, 2.45) is 10.9 Å². The average Bonchev–Trinajstić information content (AvgIpc) is 2.83. The minimum Gasteiger partial charge on any atom is -0.411 e. The molecule has 0 bridgehead atoms. The molecule has 6 nitrogen and oxygen atoms in total. The molecule has 0 atom stereocenters. The molecule has 3 N–H and O–H groups in total. The average molecular weight is 460 g/mol. The standard InChI is InChI=1S/C26H23F2N5O/c27-19-9-18(10-20(28)13-19)24-15-31-25-2-1-16(17-3-6-30-22(11-17)14-32-34)12-23(25)26(24)33-7-4-21(29)5-8-33/h1-3,6,9-15,21,34H,4-5,7-8,29H2/b32-14+. The highest BCUT2D eigenvalue weighted by atomic mass is 19.1. The summed E-state index contributed by atoms with van der Waals surface area (Å²) in [6.07, 6.45) is 6.25. The molecule has 0 saturated carbocycles. The van der Waals surface area contributed by atoms with Gasteiger partial charge < -0.3 is 15.8 Å². The van der Waals surface area contributed by atoms with Gasteiger partial charge in [0, 0.05) is 48.5 Å². The summed E-state index contributed by atoms with van der Waals surface area (Å²) in [5.74, 6) is -1.27. The van der Waals surface area contributed by atoms with Gasteiger partial charge in [0.25, 0.3) is 0 Å². The zero-order chi connectivity index (χ0) is 23.7. The molecule has 2 aromatic carbocycles. The number of piperidine rings is 1. The number of rotatable bonds is 4. The van der Waals surface area contributed by atoms with Crippen LogP contribution in [0.3, 0.4) is 0 Å². The molecule has 172 valence electrons. The van der Waals surface area contributed by atoms with Crippen molar-refractivity contribution in [1.82, 2.24) is 9.97 Å². The van der Waals surface area contributed by atoms with Crippen LogP contribution >= 0.6 is 0 Å². The van der Waals surface area contributed by atoms with E-state index < -0.39 is 11.6 Å². The Balaban J connectivity index is 1.72. The number of halogens is 2. The number of pyridine rings is 2. The number of oxime groups is 1. The second-order valence-corrected chi connectivity index (χ2v) is 8.45. The highest BCUT2D eigenvalue weighted by Crippen LogP contribution is 2.39. The Kier molecular flexibility index (Phi) is 5.90. The first kappa shape index (κ1) is 21.9. The van der Waals surface area contributed by atoms with Crippen LogP contribution in [0.4, 0.5) is 14.5 Å². The van der Waals surface area contributed by atoms with Crippen molar-refractivity contribution in [3.05, 3.63) is 78.3 Å². The Morgan fingerprint density at radius 1 is 0.941 bits per heavy atom. The summed E-state index contributed by atoms with van der Waals surface area (Å²) in [5.41, 5.74) is 11.2. The van der Waals surface area contributed by atoms with Gasteiger partial charge in [-0.3, -0.25) is 9.97 Å². The molecule has 0 spiro atoms. The first-order valence-electron chi connectivity index (χ1n) is 11.1. The molecule has 3 heterocycles. The van der Waals surface area contributed by atoms with E-state index in [2.05, 4.69) is 20.0 Å². The summed E-state index contributed by atoms with van der Waals surface area (Å²) in [6.45, 7) is 1.48. The lowest BCUT2D eigenvalue weighted by atomic mass is 9.96. The molecule has 1 saturated heterocycles.